The third-order valence-corrected chi connectivity index (χ3v) is 3.90. The Bertz CT molecular complexity index is 172. The van der Waals surface area contributed by atoms with Crippen LogP contribution < -0.4 is 5.32 Å². The smallest absolute Gasteiger partial charge is 0.220 e. The topological polar surface area (TPSA) is 29.1 Å². The lowest BCUT2D eigenvalue weighted by molar-refractivity contribution is -0.121. The van der Waals surface area contributed by atoms with Gasteiger partial charge in [0.2, 0.25) is 5.91 Å². The second kappa shape index (κ2) is 7.41. The number of carbonyl (C=O) groups excluding carboxylic acids is 1. The van der Waals surface area contributed by atoms with Crippen molar-refractivity contribution >= 4 is 29.3 Å². The fourth-order valence-electron chi connectivity index (χ4n) is 1.47. The summed E-state index contributed by atoms with van der Waals surface area (Å²) in [6.07, 6.45) is 3.74. The number of nitrogens with one attached hydrogen (secondary N) is 1. The Labute approximate surface area is 95.2 Å². The van der Waals surface area contributed by atoms with E-state index >= 15 is 0 Å². The molecule has 0 radical (unpaired) electrons. The van der Waals surface area contributed by atoms with Crippen molar-refractivity contribution in [3.63, 3.8) is 0 Å². The lowest BCUT2D eigenvalue weighted by Crippen LogP contribution is -2.28. The second-order valence-corrected chi connectivity index (χ2v) is 5.21. The van der Waals surface area contributed by atoms with E-state index < -0.39 is 0 Å². The minimum atomic E-state index is 0.187. The first-order valence-corrected chi connectivity index (χ1v) is 6.92. The summed E-state index contributed by atoms with van der Waals surface area (Å²) in [5.74, 6) is 4.02. The van der Waals surface area contributed by atoms with Crippen LogP contribution in [0, 0.1) is 5.92 Å². The van der Waals surface area contributed by atoms with E-state index in [1.807, 2.05) is 11.8 Å². The summed E-state index contributed by atoms with van der Waals surface area (Å²) in [7, 11) is 0. The lowest BCUT2D eigenvalue weighted by Gasteiger charge is -2.09. The predicted molar refractivity (Wildman–Crippen MR) is 63.0 cm³/mol. The molecule has 1 amide bonds. The Hall–Kier alpha value is 0.110. The highest BCUT2D eigenvalue weighted by Crippen LogP contribution is 2.22. The molecule has 1 N–H and O–H groups in total. The van der Waals surface area contributed by atoms with Crippen LogP contribution in [0.15, 0.2) is 0 Å². The van der Waals surface area contributed by atoms with Gasteiger partial charge in [-0.3, -0.25) is 4.79 Å². The van der Waals surface area contributed by atoms with Crippen LogP contribution in [0.5, 0.6) is 0 Å². The zero-order valence-corrected chi connectivity index (χ0v) is 10.0. The molecule has 1 rings (SSSR count). The molecule has 1 aliphatic rings. The molecule has 4 heteroatoms. The first kappa shape index (κ1) is 12.2. The Balaban J connectivity index is 1.96. The summed E-state index contributed by atoms with van der Waals surface area (Å²) >= 11 is 7.52. The van der Waals surface area contributed by atoms with Gasteiger partial charge < -0.3 is 5.32 Å². The minimum Gasteiger partial charge on any atom is -0.356 e. The van der Waals surface area contributed by atoms with E-state index in [0.29, 0.717) is 18.2 Å². The number of hydrogen-bond acceptors (Lipinski definition) is 2. The quantitative estimate of drug-likeness (QED) is 0.565. The Morgan fingerprint density at radius 2 is 2.36 bits per heavy atom. The summed E-state index contributed by atoms with van der Waals surface area (Å²) < 4.78 is 0. The molecule has 82 valence electrons. The van der Waals surface area contributed by atoms with Gasteiger partial charge in [-0.2, -0.15) is 11.8 Å². The molecular formula is C10H18ClNOS. The minimum absolute atomic E-state index is 0.187. The van der Waals surface area contributed by atoms with Crippen LogP contribution in [0.3, 0.4) is 0 Å². The van der Waals surface area contributed by atoms with Gasteiger partial charge in [0.1, 0.15) is 0 Å². The van der Waals surface area contributed by atoms with E-state index in [1.54, 1.807) is 0 Å². The van der Waals surface area contributed by atoms with Gasteiger partial charge in [0.15, 0.2) is 0 Å². The molecular weight excluding hydrogens is 218 g/mol. The monoisotopic (exact) mass is 235 g/mol. The molecule has 1 atom stereocenters. The zero-order chi connectivity index (χ0) is 10.2. The molecule has 1 aliphatic heterocycles. The SMILES string of the molecule is O=C(CCCCCl)NCC1CCSC1. The van der Waals surface area contributed by atoms with E-state index in [1.165, 1.54) is 17.9 Å². The van der Waals surface area contributed by atoms with Crippen LogP contribution in [0.2, 0.25) is 0 Å². The van der Waals surface area contributed by atoms with Gasteiger partial charge in [0, 0.05) is 18.8 Å². The molecule has 2 nitrogen and oxygen atoms in total. The first-order valence-electron chi connectivity index (χ1n) is 5.23. The highest BCUT2D eigenvalue weighted by Gasteiger charge is 2.15. The molecule has 0 saturated carbocycles. The van der Waals surface area contributed by atoms with Crippen molar-refractivity contribution in [3.05, 3.63) is 0 Å². The van der Waals surface area contributed by atoms with Crippen molar-refractivity contribution in [2.45, 2.75) is 25.7 Å². The van der Waals surface area contributed by atoms with Crippen LogP contribution in [-0.2, 0) is 4.79 Å². The molecule has 14 heavy (non-hydrogen) atoms. The number of hydrogen-bond donors (Lipinski definition) is 1. The predicted octanol–water partition coefficient (Wildman–Crippen LogP) is 2.26. The van der Waals surface area contributed by atoms with Crippen molar-refractivity contribution in [1.82, 2.24) is 5.32 Å². The van der Waals surface area contributed by atoms with Gasteiger partial charge in [-0.25, -0.2) is 0 Å². The van der Waals surface area contributed by atoms with E-state index in [4.69, 9.17) is 11.6 Å². The molecule has 0 aromatic heterocycles. The summed E-state index contributed by atoms with van der Waals surface area (Å²) in [6, 6.07) is 0. The summed E-state index contributed by atoms with van der Waals surface area (Å²) in [4.78, 5) is 11.3. The molecule has 1 saturated heterocycles. The number of halogens is 1. The Kier molecular flexibility index (Phi) is 6.45. The maximum absolute atomic E-state index is 11.3. The lowest BCUT2D eigenvalue weighted by atomic mass is 10.1. The Morgan fingerprint density at radius 1 is 1.50 bits per heavy atom. The van der Waals surface area contributed by atoms with Gasteiger partial charge in [-0.15, -0.1) is 11.6 Å². The molecule has 0 aliphatic carbocycles. The van der Waals surface area contributed by atoms with Crippen molar-refractivity contribution in [3.8, 4) is 0 Å². The number of alkyl halides is 1. The summed E-state index contributed by atoms with van der Waals surface area (Å²) in [5.41, 5.74) is 0. The van der Waals surface area contributed by atoms with Crippen LogP contribution in [0.4, 0.5) is 0 Å². The number of rotatable bonds is 6. The van der Waals surface area contributed by atoms with Gasteiger partial charge in [0.05, 0.1) is 0 Å². The Morgan fingerprint density at radius 3 is 3.00 bits per heavy atom. The molecule has 0 bridgehead atoms. The van der Waals surface area contributed by atoms with E-state index in [9.17, 15) is 4.79 Å². The van der Waals surface area contributed by atoms with Gasteiger partial charge >= 0.3 is 0 Å². The van der Waals surface area contributed by atoms with Crippen LogP contribution in [0.1, 0.15) is 25.7 Å². The summed E-state index contributed by atoms with van der Waals surface area (Å²) in [5, 5.41) is 2.99. The van der Waals surface area contributed by atoms with Gasteiger partial charge in [-0.1, -0.05) is 0 Å². The molecule has 1 unspecified atom stereocenters. The second-order valence-electron chi connectivity index (χ2n) is 3.68. The molecule has 0 aromatic carbocycles. The molecule has 1 fully saturated rings. The fraction of sp³-hybridized carbons (Fsp3) is 0.900. The number of unbranched alkanes of at least 4 members (excludes halogenated alkanes) is 1. The van der Waals surface area contributed by atoms with Crippen LogP contribution in [-0.4, -0.2) is 29.8 Å². The largest absolute Gasteiger partial charge is 0.356 e. The van der Waals surface area contributed by atoms with Crippen molar-refractivity contribution in [2.24, 2.45) is 5.92 Å². The maximum atomic E-state index is 11.3. The highest BCUT2D eigenvalue weighted by molar-refractivity contribution is 7.99. The van der Waals surface area contributed by atoms with Crippen LogP contribution in [0.25, 0.3) is 0 Å². The number of carbonyl (C=O) groups is 1. The van der Waals surface area contributed by atoms with E-state index in [0.717, 1.165) is 19.4 Å². The average Bonchev–Trinajstić information content (AvgIpc) is 2.68. The third-order valence-electron chi connectivity index (χ3n) is 2.40. The third kappa shape index (κ3) is 5.11. The summed E-state index contributed by atoms with van der Waals surface area (Å²) in [6.45, 7) is 0.868. The van der Waals surface area contributed by atoms with Crippen molar-refractivity contribution in [1.29, 1.82) is 0 Å². The molecule has 1 heterocycles. The zero-order valence-electron chi connectivity index (χ0n) is 8.43. The average molecular weight is 236 g/mol. The maximum Gasteiger partial charge on any atom is 0.220 e. The van der Waals surface area contributed by atoms with Crippen LogP contribution >= 0.6 is 23.4 Å². The van der Waals surface area contributed by atoms with E-state index in [2.05, 4.69) is 5.32 Å². The number of amides is 1. The highest BCUT2D eigenvalue weighted by atomic mass is 35.5. The normalized spacial score (nSPS) is 21.1. The standard InChI is InChI=1S/C10H18ClNOS/c11-5-2-1-3-10(13)12-7-9-4-6-14-8-9/h9H,1-8H2,(H,12,13). The molecule has 0 spiro atoms. The van der Waals surface area contributed by atoms with E-state index in [-0.39, 0.29) is 5.91 Å². The molecule has 0 aromatic rings. The van der Waals surface area contributed by atoms with Gasteiger partial charge in [0.25, 0.3) is 0 Å². The van der Waals surface area contributed by atoms with Gasteiger partial charge in [-0.05, 0) is 36.7 Å². The first-order chi connectivity index (χ1) is 6.83. The van der Waals surface area contributed by atoms with Crippen molar-refractivity contribution < 1.29 is 4.79 Å². The fourth-order valence-corrected chi connectivity index (χ4v) is 2.94. The number of thioether (sulfide) groups is 1. The van der Waals surface area contributed by atoms with Crippen molar-refractivity contribution in [2.75, 3.05) is 23.9 Å².